The number of amides is 1. The zero-order valence-corrected chi connectivity index (χ0v) is 15.9. The lowest BCUT2D eigenvalue weighted by Crippen LogP contribution is -2.58. The van der Waals surface area contributed by atoms with E-state index in [-0.39, 0.29) is 5.91 Å². The van der Waals surface area contributed by atoms with Gasteiger partial charge in [0.2, 0.25) is 11.8 Å². The van der Waals surface area contributed by atoms with E-state index < -0.39 is 11.6 Å². The number of hydrogen-bond donors (Lipinski definition) is 2. The van der Waals surface area contributed by atoms with E-state index in [1.165, 1.54) is 0 Å². The standard InChI is InChI=1S/C21H24N4O3/c1-27-19-13-17(6-9-24-19)16-4-2-15(3-5-16)12-18(14-22)25-20(26)21(23)7-10-28-11-8-21/h2-6,9,13,18H,7-8,10-12,23H2,1H3,(H,25,26)/t18-/m0/s1. The summed E-state index contributed by atoms with van der Waals surface area (Å²) in [5.41, 5.74) is 8.20. The van der Waals surface area contributed by atoms with Crippen molar-refractivity contribution in [2.75, 3.05) is 20.3 Å². The van der Waals surface area contributed by atoms with Crippen molar-refractivity contribution in [2.45, 2.75) is 30.8 Å². The number of carbonyl (C=O) groups excluding carboxylic acids is 1. The Morgan fingerprint density at radius 1 is 1.32 bits per heavy atom. The molecule has 1 aromatic heterocycles. The van der Waals surface area contributed by atoms with Crippen LogP contribution in [0.1, 0.15) is 18.4 Å². The first-order valence-corrected chi connectivity index (χ1v) is 9.20. The van der Waals surface area contributed by atoms with Gasteiger partial charge in [-0.3, -0.25) is 4.79 Å². The Balaban J connectivity index is 1.65. The van der Waals surface area contributed by atoms with Crippen LogP contribution < -0.4 is 15.8 Å². The first kappa shape index (κ1) is 19.8. The van der Waals surface area contributed by atoms with Crippen molar-refractivity contribution in [2.24, 2.45) is 5.73 Å². The van der Waals surface area contributed by atoms with E-state index in [4.69, 9.17) is 15.2 Å². The van der Waals surface area contributed by atoms with Gasteiger partial charge in [0, 0.05) is 31.9 Å². The number of nitrogens with one attached hydrogen (secondary N) is 1. The maximum Gasteiger partial charge on any atom is 0.241 e. The quantitative estimate of drug-likeness (QED) is 0.791. The predicted octanol–water partition coefficient (Wildman–Crippen LogP) is 1.82. The van der Waals surface area contributed by atoms with E-state index in [9.17, 15) is 10.1 Å². The molecule has 1 aliphatic heterocycles. The van der Waals surface area contributed by atoms with Crippen LogP contribution in [-0.4, -0.2) is 42.8 Å². The summed E-state index contributed by atoms with van der Waals surface area (Å²) >= 11 is 0. The van der Waals surface area contributed by atoms with Crippen LogP contribution in [0.3, 0.4) is 0 Å². The molecule has 1 amide bonds. The van der Waals surface area contributed by atoms with E-state index in [0.717, 1.165) is 16.7 Å². The van der Waals surface area contributed by atoms with Crippen LogP contribution >= 0.6 is 0 Å². The minimum atomic E-state index is -0.961. The second kappa shape index (κ2) is 8.83. The molecule has 0 spiro atoms. The van der Waals surface area contributed by atoms with E-state index in [2.05, 4.69) is 16.4 Å². The smallest absolute Gasteiger partial charge is 0.241 e. The summed E-state index contributed by atoms with van der Waals surface area (Å²) < 4.78 is 10.4. The minimum absolute atomic E-state index is 0.289. The average Bonchev–Trinajstić information content (AvgIpc) is 2.74. The molecule has 3 rings (SSSR count). The molecule has 2 heterocycles. The summed E-state index contributed by atoms with van der Waals surface area (Å²) in [7, 11) is 1.58. The molecule has 1 atom stereocenters. The number of pyridine rings is 1. The molecule has 0 saturated carbocycles. The van der Waals surface area contributed by atoms with Gasteiger partial charge in [-0.2, -0.15) is 5.26 Å². The number of benzene rings is 1. The van der Waals surface area contributed by atoms with Crippen molar-refractivity contribution in [1.82, 2.24) is 10.3 Å². The SMILES string of the molecule is COc1cc(-c2ccc(C[C@@H](C#N)NC(=O)C3(N)CCOCC3)cc2)ccn1. The Kier molecular flexibility index (Phi) is 6.24. The first-order chi connectivity index (χ1) is 13.5. The Hall–Kier alpha value is -2.95. The van der Waals surface area contributed by atoms with Crippen molar-refractivity contribution in [3.8, 4) is 23.1 Å². The number of nitriles is 1. The van der Waals surface area contributed by atoms with Gasteiger partial charge in [-0.15, -0.1) is 0 Å². The molecule has 1 saturated heterocycles. The Morgan fingerprint density at radius 3 is 2.68 bits per heavy atom. The number of nitrogens with two attached hydrogens (primary N) is 1. The Morgan fingerprint density at radius 2 is 2.04 bits per heavy atom. The van der Waals surface area contributed by atoms with Gasteiger partial charge in [0.05, 0.1) is 18.7 Å². The molecular formula is C21H24N4O3. The maximum absolute atomic E-state index is 12.5. The van der Waals surface area contributed by atoms with Gasteiger partial charge >= 0.3 is 0 Å². The number of hydrogen-bond acceptors (Lipinski definition) is 6. The van der Waals surface area contributed by atoms with Crippen molar-refractivity contribution in [3.63, 3.8) is 0 Å². The molecule has 1 aromatic carbocycles. The van der Waals surface area contributed by atoms with E-state index >= 15 is 0 Å². The Bertz CT molecular complexity index is 855. The Labute approximate surface area is 164 Å². The van der Waals surface area contributed by atoms with Crippen LogP contribution in [0.4, 0.5) is 0 Å². The van der Waals surface area contributed by atoms with Crippen molar-refractivity contribution < 1.29 is 14.3 Å². The minimum Gasteiger partial charge on any atom is -0.481 e. The second-order valence-corrected chi connectivity index (χ2v) is 6.91. The highest BCUT2D eigenvalue weighted by Crippen LogP contribution is 2.23. The summed E-state index contributed by atoms with van der Waals surface area (Å²) in [6.07, 6.45) is 3.03. The molecule has 0 bridgehead atoms. The number of nitrogens with zero attached hydrogens (tertiary/aromatic N) is 2. The molecule has 3 N–H and O–H groups in total. The van der Waals surface area contributed by atoms with Crippen LogP contribution in [0.2, 0.25) is 0 Å². The van der Waals surface area contributed by atoms with Gasteiger partial charge < -0.3 is 20.5 Å². The van der Waals surface area contributed by atoms with Crippen LogP contribution in [0.15, 0.2) is 42.6 Å². The van der Waals surface area contributed by atoms with Crippen LogP contribution in [0, 0.1) is 11.3 Å². The monoisotopic (exact) mass is 380 g/mol. The molecule has 28 heavy (non-hydrogen) atoms. The molecule has 0 unspecified atom stereocenters. The number of aromatic nitrogens is 1. The third kappa shape index (κ3) is 4.66. The van der Waals surface area contributed by atoms with Gasteiger partial charge in [-0.1, -0.05) is 24.3 Å². The third-order valence-corrected chi connectivity index (χ3v) is 4.97. The maximum atomic E-state index is 12.5. The normalized spacial score (nSPS) is 16.6. The molecule has 7 nitrogen and oxygen atoms in total. The lowest BCUT2D eigenvalue weighted by atomic mass is 9.90. The number of methoxy groups -OCH3 is 1. The zero-order chi connectivity index (χ0) is 20.0. The second-order valence-electron chi connectivity index (χ2n) is 6.91. The van der Waals surface area contributed by atoms with Crippen LogP contribution in [0.5, 0.6) is 5.88 Å². The fourth-order valence-electron chi connectivity index (χ4n) is 3.16. The molecule has 1 fully saturated rings. The fraction of sp³-hybridized carbons (Fsp3) is 0.381. The van der Waals surface area contributed by atoms with E-state index in [1.807, 2.05) is 36.4 Å². The lowest BCUT2D eigenvalue weighted by Gasteiger charge is -2.32. The molecule has 0 aliphatic carbocycles. The highest BCUT2D eigenvalue weighted by molar-refractivity contribution is 5.86. The molecule has 146 valence electrons. The lowest BCUT2D eigenvalue weighted by molar-refractivity contribution is -0.130. The molecule has 0 radical (unpaired) electrons. The van der Waals surface area contributed by atoms with Crippen molar-refractivity contribution in [3.05, 3.63) is 48.2 Å². The topological polar surface area (TPSA) is 110 Å². The highest BCUT2D eigenvalue weighted by Gasteiger charge is 2.36. The highest BCUT2D eigenvalue weighted by atomic mass is 16.5. The largest absolute Gasteiger partial charge is 0.481 e. The van der Waals surface area contributed by atoms with Gasteiger partial charge in [-0.05, 0) is 35.6 Å². The van der Waals surface area contributed by atoms with Gasteiger partial charge in [0.15, 0.2) is 0 Å². The average molecular weight is 380 g/mol. The van der Waals surface area contributed by atoms with Crippen LogP contribution in [-0.2, 0) is 16.0 Å². The summed E-state index contributed by atoms with van der Waals surface area (Å²) in [5.74, 6) is 0.264. The van der Waals surface area contributed by atoms with Gasteiger partial charge in [0.1, 0.15) is 6.04 Å². The van der Waals surface area contributed by atoms with Gasteiger partial charge in [-0.25, -0.2) is 4.98 Å². The van der Waals surface area contributed by atoms with Gasteiger partial charge in [0.25, 0.3) is 0 Å². The summed E-state index contributed by atoms with van der Waals surface area (Å²) in [6, 6.07) is 13.1. The van der Waals surface area contributed by atoms with E-state index in [1.54, 1.807) is 13.3 Å². The van der Waals surface area contributed by atoms with Crippen molar-refractivity contribution in [1.29, 1.82) is 5.26 Å². The number of ether oxygens (including phenoxy) is 2. The zero-order valence-electron chi connectivity index (χ0n) is 15.9. The number of carbonyl (C=O) groups is 1. The number of rotatable bonds is 6. The molecule has 7 heteroatoms. The fourth-order valence-corrected chi connectivity index (χ4v) is 3.16. The van der Waals surface area contributed by atoms with E-state index in [0.29, 0.717) is 38.4 Å². The predicted molar refractivity (Wildman–Crippen MR) is 104 cm³/mol. The molecule has 2 aromatic rings. The first-order valence-electron chi connectivity index (χ1n) is 9.20. The van der Waals surface area contributed by atoms with Crippen LogP contribution in [0.25, 0.3) is 11.1 Å². The summed E-state index contributed by atoms with van der Waals surface area (Å²) in [5, 5.41) is 12.2. The van der Waals surface area contributed by atoms with Crippen molar-refractivity contribution >= 4 is 5.91 Å². The molecular weight excluding hydrogens is 356 g/mol. The third-order valence-electron chi connectivity index (χ3n) is 4.97. The summed E-state index contributed by atoms with van der Waals surface area (Å²) in [6.45, 7) is 0.921. The summed E-state index contributed by atoms with van der Waals surface area (Å²) in [4.78, 5) is 16.6. The molecule has 1 aliphatic rings.